The second-order valence-corrected chi connectivity index (χ2v) is 6.21. The molecule has 1 aliphatic carbocycles. The molecule has 1 atom stereocenters. The first-order valence-corrected chi connectivity index (χ1v) is 7.67. The maximum Gasteiger partial charge on any atom is 0.265 e. The summed E-state index contributed by atoms with van der Waals surface area (Å²) in [6.07, 6.45) is 6.31. The van der Waals surface area contributed by atoms with E-state index in [1.165, 1.54) is 19.2 Å². The molecule has 120 valence electrons. The molecule has 0 saturated carbocycles. The third-order valence-corrected chi connectivity index (χ3v) is 4.75. The second-order valence-electron chi connectivity index (χ2n) is 6.21. The lowest BCUT2D eigenvalue weighted by molar-refractivity contribution is 0.704. The number of hydrogen-bond donors (Lipinski definition) is 0. The molecule has 6 nitrogen and oxygen atoms in total. The normalized spacial score (nSPS) is 17.8. The van der Waals surface area contributed by atoms with Gasteiger partial charge in [-0.05, 0) is 24.6 Å². The molecule has 0 amide bonds. The average Bonchev–Trinajstić information content (AvgIpc) is 2.94. The minimum Gasteiger partial charge on any atom is -0.277 e. The van der Waals surface area contributed by atoms with Gasteiger partial charge in [0, 0.05) is 18.7 Å². The Balaban J connectivity index is 2.17. The van der Waals surface area contributed by atoms with Crippen molar-refractivity contribution < 1.29 is 0 Å². The molecular weight excluding hydrogens is 308 g/mol. The first-order valence-electron chi connectivity index (χ1n) is 7.67. The lowest BCUT2D eigenvalue weighted by atomic mass is 9.99. The van der Waals surface area contributed by atoms with Gasteiger partial charge in [-0.3, -0.25) is 23.7 Å². The van der Waals surface area contributed by atoms with E-state index in [2.05, 4.69) is 0 Å². The van der Waals surface area contributed by atoms with Crippen LogP contribution in [-0.4, -0.2) is 9.13 Å². The number of allylic oxidation sites excluding steroid dienone is 4. The van der Waals surface area contributed by atoms with Gasteiger partial charge in [-0.25, -0.2) is 4.57 Å². The van der Waals surface area contributed by atoms with Crippen LogP contribution in [0, 0.1) is 5.92 Å². The van der Waals surface area contributed by atoms with Gasteiger partial charge in [0.15, 0.2) is 0 Å². The highest BCUT2D eigenvalue weighted by Gasteiger charge is 2.22. The van der Waals surface area contributed by atoms with E-state index >= 15 is 0 Å². The predicted molar refractivity (Wildman–Crippen MR) is 93.1 cm³/mol. The molecule has 0 N–H and O–H groups in total. The van der Waals surface area contributed by atoms with E-state index in [9.17, 15) is 19.2 Å². The molecule has 4 rings (SSSR count). The maximum absolute atomic E-state index is 12.8. The highest BCUT2D eigenvalue weighted by Crippen LogP contribution is 2.23. The minimum atomic E-state index is -0.454. The molecular formula is C18H14N2O4. The van der Waals surface area contributed by atoms with Gasteiger partial charge in [0.1, 0.15) is 0 Å². The summed E-state index contributed by atoms with van der Waals surface area (Å²) in [4.78, 5) is 49.7. The zero-order valence-corrected chi connectivity index (χ0v) is 13.2. The molecule has 2 heterocycles. The van der Waals surface area contributed by atoms with Crippen molar-refractivity contribution in [3.05, 3.63) is 71.8 Å². The van der Waals surface area contributed by atoms with E-state index in [0.29, 0.717) is 5.70 Å². The number of hydrogen-bond acceptors (Lipinski definition) is 4. The molecule has 0 saturated heterocycles. The standard InChI is InChI=1S/C18H14N2O4/c1-9-5-3-4-6-14(9)20-17(23)12-7-10-11(8-13(12)18(20)24)16(22)19(2)15(10)21/h3-4,6-9H,5H2,1-2H3. The van der Waals surface area contributed by atoms with Crippen molar-refractivity contribution in [1.29, 1.82) is 0 Å². The molecule has 0 bridgehead atoms. The fourth-order valence-electron chi connectivity index (χ4n) is 3.36. The van der Waals surface area contributed by atoms with E-state index in [4.69, 9.17) is 0 Å². The molecule has 1 unspecified atom stereocenters. The first-order chi connectivity index (χ1) is 11.4. The second kappa shape index (κ2) is 4.74. The van der Waals surface area contributed by atoms with Crippen LogP contribution in [0.15, 0.2) is 49.5 Å². The Hall–Kier alpha value is -3.02. The summed E-state index contributed by atoms with van der Waals surface area (Å²) in [6, 6.07) is 2.75. The van der Waals surface area contributed by atoms with Gasteiger partial charge in [0.05, 0.1) is 21.5 Å². The van der Waals surface area contributed by atoms with Crippen molar-refractivity contribution in [2.75, 3.05) is 0 Å². The summed E-state index contributed by atoms with van der Waals surface area (Å²) in [5, 5.41) is 0.709. The highest BCUT2D eigenvalue weighted by atomic mass is 16.2. The van der Waals surface area contributed by atoms with Gasteiger partial charge >= 0.3 is 0 Å². The van der Waals surface area contributed by atoms with Gasteiger partial charge in [-0.15, -0.1) is 0 Å². The fraction of sp³-hybridized carbons (Fsp3) is 0.222. The van der Waals surface area contributed by atoms with Crippen LogP contribution in [0.2, 0.25) is 0 Å². The monoisotopic (exact) mass is 322 g/mol. The number of fused-ring (bicyclic) bond motifs is 2. The molecule has 6 heteroatoms. The SMILES string of the molecule is CC1CC=CC=C1n1c(=O)c2cc3c(=O)n(C)c(=O)c3cc2c1=O. The van der Waals surface area contributed by atoms with E-state index in [-0.39, 0.29) is 27.5 Å². The molecule has 24 heavy (non-hydrogen) atoms. The van der Waals surface area contributed by atoms with Crippen LogP contribution in [0.4, 0.5) is 0 Å². The van der Waals surface area contributed by atoms with Crippen LogP contribution < -0.4 is 22.2 Å². The number of nitrogens with zero attached hydrogens (tertiary/aromatic N) is 2. The Morgan fingerprint density at radius 1 is 0.875 bits per heavy atom. The van der Waals surface area contributed by atoms with Crippen LogP contribution in [0.3, 0.4) is 0 Å². The number of aromatic nitrogens is 2. The van der Waals surface area contributed by atoms with Crippen LogP contribution in [0.25, 0.3) is 27.2 Å². The fourth-order valence-corrected chi connectivity index (χ4v) is 3.36. The van der Waals surface area contributed by atoms with Crippen molar-refractivity contribution >= 4 is 27.2 Å². The van der Waals surface area contributed by atoms with Crippen molar-refractivity contribution in [2.24, 2.45) is 13.0 Å². The Morgan fingerprint density at radius 3 is 1.88 bits per heavy atom. The average molecular weight is 322 g/mol. The van der Waals surface area contributed by atoms with Crippen molar-refractivity contribution in [3.63, 3.8) is 0 Å². The topological polar surface area (TPSA) is 78.1 Å². The van der Waals surface area contributed by atoms with Crippen LogP contribution >= 0.6 is 0 Å². The summed E-state index contributed by atoms with van der Waals surface area (Å²) in [6.45, 7) is 1.95. The zero-order chi connectivity index (χ0) is 17.2. The Bertz CT molecular complexity index is 1200. The first kappa shape index (κ1) is 14.6. The number of benzene rings is 1. The summed E-state index contributed by atoms with van der Waals surface area (Å²) >= 11 is 0. The van der Waals surface area contributed by atoms with E-state index in [1.807, 2.05) is 19.1 Å². The van der Waals surface area contributed by atoms with Crippen molar-refractivity contribution in [1.82, 2.24) is 9.13 Å². The Kier molecular flexibility index (Phi) is 2.87. The third-order valence-electron chi connectivity index (χ3n) is 4.75. The Morgan fingerprint density at radius 2 is 1.38 bits per heavy atom. The van der Waals surface area contributed by atoms with Crippen molar-refractivity contribution in [2.45, 2.75) is 13.3 Å². The third kappa shape index (κ3) is 1.71. The van der Waals surface area contributed by atoms with Gasteiger partial charge in [0.25, 0.3) is 22.2 Å². The maximum atomic E-state index is 12.8. The summed E-state index contributed by atoms with van der Waals surface area (Å²) in [5.74, 6) is 0.0402. The van der Waals surface area contributed by atoms with E-state index < -0.39 is 22.2 Å². The minimum absolute atomic E-state index is 0.0402. The molecule has 3 aromatic rings. The lowest BCUT2D eigenvalue weighted by Crippen LogP contribution is -2.27. The quantitative estimate of drug-likeness (QED) is 0.666. The molecule has 0 spiro atoms. The van der Waals surface area contributed by atoms with Crippen molar-refractivity contribution in [3.8, 4) is 0 Å². The lowest BCUT2D eigenvalue weighted by Gasteiger charge is -2.16. The number of rotatable bonds is 1. The van der Waals surface area contributed by atoms with Crippen LogP contribution in [0.1, 0.15) is 13.3 Å². The smallest absolute Gasteiger partial charge is 0.265 e. The summed E-state index contributed by atoms with van der Waals surface area (Å²) < 4.78 is 2.15. The van der Waals surface area contributed by atoms with Crippen LogP contribution in [0.5, 0.6) is 0 Å². The zero-order valence-electron chi connectivity index (χ0n) is 13.2. The predicted octanol–water partition coefficient (Wildman–Crippen LogP) is 0.886. The molecule has 0 fully saturated rings. The molecule has 1 aliphatic rings. The molecule has 0 radical (unpaired) electrons. The molecule has 2 aromatic heterocycles. The van der Waals surface area contributed by atoms with Gasteiger partial charge < -0.3 is 0 Å². The van der Waals surface area contributed by atoms with Gasteiger partial charge in [-0.1, -0.05) is 19.1 Å². The largest absolute Gasteiger partial charge is 0.277 e. The highest BCUT2D eigenvalue weighted by molar-refractivity contribution is 5.98. The van der Waals surface area contributed by atoms with Crippen LogP contribution in [-0.2, 0) is 7.05 Å². The molecule has 1 aromatic carbocycles. The van der Waals surface area contributed by atoms with E-state index in [0.717, 1.165) is 15.6 Å². The summed E-state index contributed by atoms with van der Waals surface area (Å²) in [7, 11) is 1.38. The molecule has 0 aliphatic heterocycles. The van der Waals surface area contributed by atoms with Gasteiger partial charge in [-0.2, -0.15) is 0 Å². The van der Waals surface area contributed by atoms with E-state index in [1.54, 1.807) is 6.08 Å². The summed E-state index contributed by atoms with van der Waals surface area (Å²) in [5.41, 5.74) is -1.16. The Labute approximate surface area is 135 Å². The van der Waals surface area contributed by atoms with Gasteiger partial charge in [0.2, 0.25) is 0 Å².